The summed E-state index contributed by atoms with van der Waals surface area (Å²) in [6, 6.07) is 13.2. The lowest BCUT2D eigenvalue weighted by molar-refractivity contribution is -0.387. The number of hydrogen-bond acceptors (Lipinski definition) is 6. The maximum Gasteiger partial charge on any atom is 0.293 e. The van der Waals surface area contributed by atoms with Crippen LogP contribution in [0.4, 0.5) is 17.1 Å². The van der Waals surface area contributed by atoms with Crippen LogP contribution in [0, 0.1) is 10.1 Å². The first-order chi connectivity index (χ1) is 14.4. The summed E-state index contributed by atoms with van der Waals surface area (Å²) in [6.07, 6.45) is 2.92. The zero-order valence-corrected chi connectivity index (χ0v) is 16.5. The molecule has 1 aliphatic rings. The van der Waals surface area contributed by atoms with E-state index in [0.717, 1.165) is 24.5 Å². The first kappa shape index (κ1) is 19.6. The lowest BCUT2D eigenvalue weighted by Crippen LogP contribution is -2.35. The fraction of sp³-hybridized carbons (Fsp3) is 0.150. The summed E-state index contributed by atoms with van der Waals surface area (Å²) in [7, 11) is -4.21. The Bertz CT molecular complexity index is 1220. The van der Waals surface area contributed by atoms with Gasteiger partial charge in [-0.2, -0.15) is 0 Å². The topological polar surface area (TPSA) is 123 Å². The van der Waals surface area contributed by atoms with Crippen LogP contribution in [0.15, 0.2) is 70.2 Å². The van der Waals surface area contributed by atoms with E-state index in [2.05, 4.69) is 4.72 Å². The van der Waals surface area contributed by atoms with Crippen molar-refractivity contribution >= 4 is 33.0 Å². The van der Waals surface area contributed by atoms with Gasteiger partial charge in [-0.25, -0.2) is 8.42 Å². The maximum absolute atomic E-state index is 12.8. The normalized spacial score (nSPS) is 13.5. The van der Waals surface area contributed by atoms with Gasteiger partial charge in [-0.3, -0.25) is 19.6 Å². The lowest BCUT2D eigenvalue weighted by atomic mass is 10.0. The van der Waals surface area contributed by atoms with Gasteiger partial charge < -0.3 is 9.32 Å². The highest BCUT2D eigenvalue weighted by molar-refractivity contribution is 7.92. The van der Waals surface area contributed by atoms with Crippen LogP contribution >= 0.6 is 0 Å². The third kappa shape index (κ3) is 3.64. The van der Waals surface area contributed by atoms with Crippen LogP contribution < -0.4 is 9.62 Å². The Kier molecular flexibility index (Phi) is 5.00. The summed E-state index contributed by atoms with van der Waals surface area (Å²) >= 11 is 0. The number of nitrogens with one attached hydrogen (secondary N) is 1. The number of carbonyl (C=O) groups is 1. The number of rotatable bonds is 5. The van der Waals surface area contributed by atoms with Gasteiger partial charge in [-0.15, -0.1) is 0 Å². The molecule has 0 aliphatic carbocycles. The molecular weight excluding hydrogens is 410 g/mol. The fourth-order valence-electron chi connectivity index (χ4n) is 3.43. The predicted molar refractivity (Wildman–Crippen MR) is 109 cm³/mol. The van der Waals surface area contributed by atoms with Crippen molar-refractivity contribution in [3.05, 3.63) is 82.3 Å². The van der Waals surface area contributed by atoms with Crippen LogP contribution in [-0.2, 0) is 16.4 Å². The van der Waals surface area contributed by atoms with Crippen molar-refractivity contribution < 1.29 is 22.6 Å². The number of amides is 1. The second kappa shape index (κ2) is 7.64. The van der Waals surface area contributed by atoms with Crippen molar-refractivity contribution in [3.63, 3.8) is 0 Å². The van der Waals surface area contributed by atoms with Gasteiger partial charge in [0.15, 0.2) is 10.7 Å². The zero-order chi connectivity index (χ0) is 21.3. The third-order valence-electron chi connectivity index (χ3n) is 4.78. The smallest absolute Gasteiger partial charge is 0.293 e. The van der Waals surface area contributed by atoms with Gasteiger partial charge >= 0.3 is 0 Å². The van der Waals surface area contributed by atoms with Gasteiger partial charge in [0.1, 0.15) is 0 Å². The molecule has 10 heteroatoms. The SMILES string of the molecule is O=C(c1ccco1)N1CCCc2ccc(NS(=O)(=O)c3ccccc3[N+](=O)[O-])cc21. The van der Waals surface area contributed by atoms with Gasteiger partial charge in [-0.05, 0) is 48.7 Å². The Morgan fingerprint density at radius 3 is 2.67 bits per heavy atom. The molecule has 0 unspecified atom stereocenters. The van der Waals surface area contributed by atoms with Crippen LogP contribution in [0.25, 0.3) is 0 Å². The van der Waals surface area contributed by atoms with E-state index in [1.807, 2.05) is 0 Å². The number of para-hydroxylation sites is 1. The second-order valence-corrected chi connectivity index (χ2v) is 8.36. The molecule has 0 saturated heterocycles. The molecule has 1 N–H and O–H groups in total. The highest BCUT2D eigenvalue weighted by Gasteiger charge is 2.28. The standard InChI is InChI=1S/C20H17N3O6S/c24-20(18-7-4-12-29-18)22-11-3-5-14-9-10-15(13-17(14)22)21-30(27,28)19-8-2-1-6-16(19)23(25)26/h1-2,4,6-10,12-13,21H,3,5,11H2. The molecule has 0 radical (unpaired) electrons. The molecule has 30 heavy (non-hydrogen) atoms. The molecule has 0 spiro atoms. The molecule has 2 heterocycles. The number of carbonyl (C=O) groups excluding carboxylic acids is 1. The van der Waals surface area contributed by atoms with E-state index in [-0.39, 0.29) is 17.4 Å². The van der Waals surface area contributed by atoms with Crippen LogP contribution in [0.2, 0.25) is 0 Å². The predicted octanol–water partition coefficient (Wildman–Crippen LogP) is 3.58. The number of hydrogen-bond donors (Lipinski definition) is 1. The van der Waals surface area contributed by atoms with E-state index in [4.69, 9.17) is 4.42 Å². The zero-order valence-electron chi connectivity index (χ0n) is 15.6. The van der Waals surface area contributed by atoms with Crippen molar-refractivity contribution in [1.29, 1.82) is 0 Å². The molecule has 2 aromatic carbocycles. The van der Waals surface area contributed by atoms with Crippen molar-refractivity contribution in [2.24, 2.45) is 0 Å². The summed E-state index contributed by atoms with van der Waals surface area (Å²) in [5.41, 5.74) is 1.16. The van der Waals surface area contributed by atoms with Crippen LogP contribution in [0.1, 0.15) is 22.5 Å². The van der Waals surface area contributed by atoms with Crippen LogP contribution in [0.5, 0.6) is 0 Å². The van der Waals surface area contributed by atoms with Gasteiger partial charge in [-0.1, -0.05) is 18.2 Å². The number of fused-ring (bicyclic) bond motifs is 1. The molecule has 0 fully saturated rings. The fourth-order valence-corrected chi connectivity index (χ4v) is 4.65. The Hall–Kier alpha value is -3.66. The van der Waals surface area contributed by atoms with E-state index < -0.39 is 25.5 Å². The Labute approximate surface area is 172 Å². The Balaban J connectivity index is 1.68. The molecule has 1 aromatic heterocycles. The largest absolute Gasteiger partial charge is 0.459 e. The molecule has 0 atom stereocenters. The van der Waals surface area contributed by atoms with Crippen molar-refractivity contribution in [2.45, 2.75) is 17.7 Å². The van der Waals surface area contributed by atoms with Gasteiger partial charge in [0.2, 0.25) is 0 Å². The quantitative estimate of drug-likeness (QED) is 0.490. The summed E-state index contributed by atoms with van der Waals surface area (Å²) < 4.78 is 33.2. The number of nitrogens with zero attached hydrogens (tertiary/aromatic N) is 2. The first-order valence-electron chi connectivity index (χ1n) is 9.11. The van der Waals surface area contributed by atoms with E-state index >= 15 is 0 Å². The molecule has 1 amide bonds. The molecule has 154 valence electrons. The Morgan fingerprint density at radius 1 is 1.13 bits per heavy atom. The molecule has 0 saturated carbocycles. The van der Waals surface area contributed by atoms with E-state index in [9.17, 15) is 23.3 Å². The monoisotopic (exact) mass is 427 g/mol. The number of nitro groups is 1. The average Bonchev–Trinajstić information content (AvgIpc) is 3.27. The van der Waals surface area contributed by atoms with E-state index in [1.165, 1.54) is 24.5 Å². The third-order valence-corrected chi connectivity index (χ3v) is 6.21. The minimum atomic E-state index is -4.21. The lowest BCUT2D eigenvalue weighted by Gasteiger charge is -2.29. The van der Waals surface area contributed by atoms with Gasteiger partial charge in [0, 0.05) is 18.3 Å². The number of anilines is 2. The van der Waals surface area contributed by atoms with E-state index in [1.54, 1.807) is 35.2 Å². The molecule has 9 nitrogen and oxygen atoms in total. The number of furan rings is 1. The second-order valence-electron chi connectivity index (χ2n) is 6.71. The average molecular weight is 427 g/mol. The number of aryl methyl sites for hydroxylation is 1. The van der Waals surface area contributed by atoms with Gasteiger partial charge in [0.25, 0.3) is 21.6 Å². The van der Waals surface area contributed by atoms with Crippen molar-refractivity contribution in [1.82, 2.24) is 0 Å². The number of sulfonamides is 1. The maximum atomic E-state index is 12.8. The number of nitro benzene ring substituents is 1. The Morgan fingerprint density at radius 2 is 1.93 bits per heavy atom. The highest BCUT2D eigenvalue weighted by Crippen LogP contribution is 2.33. The van der Waals surface area contributed by atoms with E-state index in [0.29, 0.717) is 12.2 Å². The minimum Gasteiger partial charge on any atom is -0.459 e. The number of benzene rings is 2. The van der Waals surface area contributed by atoms with Gasteiger partial charge in [0.05, 0.1) is 16.9 Å². The molecule has 4 rings (SSSR count). The molecule has 1 aliphatic heterocycles. The molecule has 0 bridgehead atoms. The molecule has 3 aromatic rings. The van der Waals surface area contributed by atoms with Crippen molar-refractivity contribution in [3.8, 4) is 0 Å². The van der Waals surface area contributed by atoms with Crippen LogP contribution in [-0.4, -0.2) is 25.8 Å². The summed E-state index contributed by atoms with van der Waals surface area (Å²) in [5.74, 6) is -0.131. The molecular formula is C20H17N3O6S. The van der Waals surface area contributed by atoms with Crippen LogP contribution in [0.3, 0.4) is 0 Å². The van der Waals surface area contributed by atoms with Crippen molar-refractivity contribution in [2.75, 3.05) is 16.2 Å². The highest BCUT2D eigenvalue weighted by atomic mass is 32.2. The summed E-state index contributed by atoms with van der Waals surface area (Å²) in [6.45, 7) is 0.465. The summed E-state index contributed by atoms with van der Waals surface area (Å²) in [4.78, 5) is 24.3. The summed E-state index contributed by atoms with van der Waals surface area (Å²) in [5, 5.41) is 11.2. The first-order valence-corrected chi connectivity index (χ1v) is 10.6. The minimum absolute atomic E-state index is 0.189.